The van der Waals surface area contributed by atoms with Gasteiger partial charge in [0.2, 0.25) is 5.91 Å². The number of carbonyl (C=O) groups is 1. The minimum Gasteiger partial charge on any atom is -0.350 e. The van der Waals surface area contributed by atoms with Crippen LogP contribution in [0, 0.1) is 0 Å². The number of benzene rings is 1. The molecule has 22 heavy (non-hydrogen) atoms. The molecule has 0 atom stereocenters. The fraction of sp³-hybridized carbons (Fsp3) is 0.562. The first-order chi connectivity index (χ1) is 10.3. The lowest BCUT2D eigenvalue weighted by Crippen LogP contribution is -2.54. The molecule has 1 aliphatic rings. The van der Waals surface area contributed by atoms with Crippen LogP contribution in [0.15, 0.2) is 24.3 Å². The summed E-state index contributed by atoms with van der Waals surface area (Å²) in [5.74, 6) is -0.159. The summed E-state index contributed by atoms with van der Waals surface area (Å²) in [7, 11) is -3.11. The number of amides is 1. The second-order valence-corrected chi connectivity index (χ2v) is 8.38. The van der Waals surface area contributed by atoms with Crippen LogP contribution in [0.2, 0.25) is 0 Å². The maximum Gasteiger partial charge on any atom is 0.240 e. The highest BCUT2D eigenvalue weighted by molar-refractivity contribution is 7.89. The summed E-state index contributed by atoms with van der Waals surface area (Å²) < 4.78 is 23.0. The van der Waals surface area contributed by atoms with Crippen LogP contribution >= 0.6 is 0 Å². The van der Waals surface area contributed by atoms with Gasteiger partial charge in [0.25, 0.3) is 0 Å². The predicted octanol–water partition coefficient (Wildman–Crippen LogP) is 1.51. The maximum atomic E-state index is 12.3. The maximum absolute atomic E-state index is 12.3. The van der Waals surface area contributed by atoms with Crippen molar-refractivity contribution in [1.29, 1.82) is 0 Å². The number of nitrogens with one attached hydrogen (secondary N) is 1. The van der Waals surface area contributed by atoms with Gasteiger partial charge < -0.3 is 11.1 Å². The van der Waals surface area contributed by atoms with Crippen LogP contribution in [0.5, 0.6) is 0 Å². The Morgan fingerprint density at radius 3 is 2.36 bits per heavy atom. The Labute approximate surface area is 132 Å². The zero-order valence-electron chi connectivity index (χ0n) is 13.0. The highest BCUT2D eigenvalue weighted by Gasteiger charge is 2.34. The molecule has 1 aromatic carbocycles. The van der Waals surface area contributed by atoms with E-state index in [4.69, 9.17) is 5.73 Å². The molecular formula is C16H24N2O3S. The average Bonchev–Trinajstić information content (AvgIpc) is 2.45. The molecule has 6 heteroatoms. The Kier molecular flexibility index (Phi) is 5.24. The van der Waals surface area contributed by atoms with Gasteiger partial charge in [-0.1, -0.05) is 43.5 Å². The van der Waals surface area contributed by atoms with Crippen LogP contribution in [-0.4, -0.2) is 26.1 Å². The van der Waals surface area contributed by atoms with E-state index in [2.05, 4.69) is 5.32 Å². The summed E-state index contributed by atoms with van der Waals surface area (Å²) in [5.41, 5.74) is 6.97. The average molecular weight is 324 g/mol. The second-order valence-electron chi connectivity index (χ2n) is 6.24. The van der Waals surface area contributed by atoms with Gasteiger partial charge in [-0.3, -0.25) is 4.79 Å². The predicted molar refractivity (Wildman–Crippen MR) is 86.8 cm³/mol. The molecule has 0 radical (unpaired) electrons. The first kappa shape index (κ1) is 17.0. The van der Waals surface area contributed by atoms with Crippen molar-refractivity contribution in [2.24, 2.45) is 5.73 Å². The van der Waals surface area contributed by atoms with E-state index >= 15 is 0 Å². The molecule has 2 rings (SSSR count). The largest absolute Gasteiger partial charge is 0.350 e. The fourth-order valence-electron chi connectivity index (χ4n) is 2.91. The molecule has 0 unspecified atom stereocenters. The van der Waals surface area contributed by atoms with Gasteiger partial charge in [0, 0.05) is 12.8 Å². The third kappa shape index (κ3) is 4.55. The lowest BCUT2D eigenvalue weighted by molar-refractivity contribution is -0.127. The highest BCUT2D eigenvalue weighted by Crippen LogP contribution is 2.26. The molecule has 1 fully saturated rings. The fourth-order valence-corrected chi connectivity index (χ4v) is 3.76. The molecule has 1 aromatic rings. The summed E-state index contributed by atoms with van der Waals surface area (Å²) in [4.78, 5) is 12.3. The van der Waals surface area contributed by atoms with E-state index in [0.29, 0.717) is 19.4 Å². The molecule has 1 aliphatic carbocycles. The smallest absolute Gasteiger partial charge is 0.240 e. The molecule has 122 valence electrons. The number of sulfone groups is 1. The zero-order chi connectivity index (χ0) is 16.2. The molecule has 0 aliphatic heterocycles. The molecule has 3 N–H and O–H groups in total. The Morgan fingerprint density at radius 2 is 1.77 bits per heavy atom. The van der Waals surface area contributed by atoms with Crippen molar-refractivity contribution in [2.45, 2.75) is 49.9 Å². The van der Waals surface area contributed by atoms with Crippen molar-refractivity contribution in [2.75, 3.05) is 6.26 Å². The van der Waals surface area contributed by atoms with Crippen molar-refractivity contribution in [1.82, 2.24) is 5.32 Å². The summed E-state index contributed by atoms with van der Waals surface area (Å²) >= 11 is 0. The minimum absolute atomic E-state index is 0.0210. The van der Waals surface area contributed by atoms with Gasteiger partial charge in [0.05, 0.1) is 11.3 Å². The molecule has 0 spiro atoms. The molecule has 5 nitrogen and oxygen atoms in total. The van der Waals surface area contributed by atoms with Crippen LogP contribution in [0.25, 0.3) is 0 Å². The van der Waals surface area contributed by atoms with Gasteiger partial charge in [0.15, 0.2) is 9.84 Å². The number of carbonyl (C=O) groups excluding carboxylic acids is 1. The normalized spacial score (nSPS) is 17.9. The topological polar surface area (TPSA) is 89.3 Å². The second kappa shape index (κ2) is 6.79. The van der Waals surface area contributed by atoms with Crippen molar-refractivity contribution in [3.63, 3.8) is 0 Å². The van der Waals surface area contributed by atoms with E-state index in [1.165, 1.54) is 6.26 Å². The molecule has 1 saturated carbocycles. The lowest BCUT2D eigenvalue weighted by atomic mass is 9.82. The molecular weight excluding hydrogens is 300 g/mol. The minimum atomic E-state index is -3.11. The van der Waals surface area contributed by atoms with Crippen molar-refractivity contribution in [3.8, 4) is 0 Å². The number of nitrogens with two attached hydrogens (primary N) is 1. The van der Waals surface area contributed by atoms with E-state index in [-0.39, 0.29) is 11.7 Å². The molecule has 1 amide bonds. The van der Waals surface area contributed by atoms with Crippen LogP contribution in [0.1, 0.15) is 43.2 Å². The third-order valence-electron chi connectivity index (χ3n) is 4.17. The van der Waals surface area contributed by atoms with Crippen molar-refractivity contribution < 1.29 is 13.2 Å². The van der Waals surface area contributed by atoms with Gasteiger partial charge in [-0.2, -0.15) is 0 Å². The van der Waals surface area contributed by atoms with Crippen LogP contribution in [0.4, 0.5) is 0 Å². The van der Waals surface area contributed by atoms with Crippen molar-refractivity contribution >= 4 is 15.7 Å². The number of rotatable bonds is 5. The van der Waals surface area contributed by atoms with E-state index < -0.39 is 15.4 Å². The SMILES string of the molecule is CS(=O)(=O)Cc1ccccc1CNC(=O)C1(N)CCCCC1. The van der Waals surface area contributed by atoms with E-state index in [9.17, 15) is 13.2 Å². The van der Waals surface area contributed by atoms with E-state index in [1.807, 2.05) is 12.1 Å². The molecule has 0 saturated heterocycles. The lowest BCUT2D eigenvalue weighted by Gasteiger charge is -2.31. The Hall–Kier alpha value is -1.40. The number of hydrogen-bond donors (Lipinski definition) is 2. The zero-order valence-corrected chi connectivity index (χ0v) is 13.8. The summed E-state index contributed by atoms with van der Waals surface area (Å²) in [6.45, 7) is 0.309. The van der Waals surface area contributed by atoms with Gasteiger partial charge in [-0.15, -0.1) is 0 Å². The Morgan fingerprint density at radius 1 is 1.18 bits per heavy atom. The summed E-state index contributed by atoms with van der Waals surface area (Å²) in [5, 5.41) is 2.88. The monoisotopic (exact) mass is 324 g/mol. The van der Waals surface area contributed by atoms with E-state index in [1.54, 1.807) is 12.1 Å². The van der Waals surface area contributed by atoms with E-state index in [0.717, 1.165) is 30.4 Å². The molecule has 0 heterocycles. The van der Waals surface area contributed by atoms with Crippen LogP contribution < -0.4 is 11.1 Å². The van der Waals surface area contributed by atoms with Crippen LogP contribution in [-0.2, 0) is 26.9 Å². The van der Waals surface area contributed by atoms with Gasteiger partial charge in [-0.25, -0.2) is 8.42 Å². The van der Waals surface area contributed by atoms with Gasteiger partial charge >= 0.3 is 0 Å². The van der Waals surface area contributed by atoms with Gasteiger partial charge in [0.1, 0.15) is 0 Å². The number of hydrogen-bond acceptors (Lipinski definition) is 4. The Bertz CT molecular complexity index is 635. The van der Waals surface area contributed by atoms with Crippen molar-refractivity contribution in [3.05, 3.63) is 35.4 Å². The van der Waals surface area contributed by atoms with Crippen LogP contribution in [0.3, 0.4) is 0 Å². The quantitative estimate of drug-likeness (QED) is 0.859. The molecule has 0 aromatic heterocycles. The first-order valence-corrected chi connectivity index (χ1v) is 9.68. The Balaban J connectivity index is 2.04. The molecule has 0 bridgehead atoms. The standard InChI is InChI=1S/C16H24N2O3S/c1-22(20,21)12-14-8-4-3-7-13(14)11-18-15(19)16(17)9-5-2-6-10-16/h3-4,7-8H,2,5-6,9-12,17H2,1H3,(H,18,19). The highest BCUT2D eigenvalue weighted by atomic mass is 32.2. The first-order valence-electron chi connectivity index (χ1n) is 7.62. The third-order valence-corrected chi connectivity index (χ3v) is 5.01. The van der Waals surface area contributed by atoms with Gasteiger partial charge in [-0.05, 0) is 24.0 Å². The summed E-state index contributed by atoms with van der Waals surface area (Å²) in [6, 6.07) is 7.26. The summed E-state index contributed by atoms with van der Waals surface area (Å²) in [6.07, 6.45) is 5.72.